The van der Waals surface area contributed by atoms with Crippen LogP contribution in [0.3, 0.4) is 0 Å². The number of hydrogen-bond acceptors (Lipinski definition) is 9. The van der Waals surface area contributed by atoms with Gasteiger partial charge in [0.15, 0.2) is 5.75 Å². The minimum atomic E-state index is -3.81. The van der Waals surface area contributed by atoms with Gasteiger partial charge in [0.2, 0.25) is 10.0 Å². The number of nitrogens with zero attached hydrogens (tertiary/aromatic N) is 5. The molecule has 1 aliphatic heterocycles. The Morgan fingerprint density at radius 1 is 1.16 bits per heavy atom. The molecule has 0 radical (unpaired) electrons. The maximum atomic E-state index is 13.1. The van der Waals surface area contributed by atoms with E-state index in [1.807, 2.05) is 0 Å². The van der Waals surface area contributed by atoms with Crippen molar-refractivity contribution in [3.8, 4) is 5.75 Å². The molecular weight excluding hydrogens is 446 g/mol. The number of piperazine rings is 1. The van der Waals surface area contributed by atoms with Gasteiger partial charge in [-0.1, -0.05) is 6.07 Å². The Balaban J connectivity index is 1.51. The number of sulfonamides is 1. The van der Waals surface area contributed by atoms with E-state index >= 15 is 0 Å². The fourth-order valence-electron chi connectivity index (χ4n) is 3.41. The lowest BCUT2D eigenvalue weighted by Crippen LogP contribution is -2.50. The molecule has 2 aromatic carbocycles. The number of aromatic nitrogens is 2. The summed E-state index contributed by atoms with van der Waals surface area (Å²) >= 11 is 0.945. The van der Waals surface area contributed by atoms with Crippen molar-refractivity contribution in [2.24, 2.45) is 0 Å². The van der Waals surface area contributed by atoms with Crippen LogP contribution in [0.25, 0.3) is 11.0 Å². The number of rotatable bonds is 5. The first-order valence-electron chi connectivity index (χ1n) is 9.16. The number of carbonyl (C=O) groups is 1. The zero-order valence-corrected chi connectivity index (χ0v) is 17.9. The molecule has 0 unspecified atom stereocenters. The predicted octanol–water partition coefficient (Wildman–Crippen LogP) is 1.75. The van der Waals surface area contributed by atoms with E-state index in [0.29, 0.717) is 11.0 Å². The standard InChI is InChI=1S/C18H17N5O6S2/c1-29-15-6-5-12(11-14(15)23(25)26)18(24)21-7-9-22(10-8-21)31(27,28)16-4-2-3-13-17(16)20-30-19-13/h2-6,11H,7-10H2,1H3. The Morgan fingerprint density at radius 3 is 2.58 bits per heavy atom. The molecule has 13 heteroatoms. The van der Waals surface area contributed by atoms with E-state index in [4.69, 9.17) is 4.74 Å². The van der Waals surface area contributed by atoms with Crippen LogP contribution in [-0.4, -0.2) is 70.5 Å². The third-order valence-corrected chi connectivity index (χ3v) is 7.49. The van der Waals surface area contributed by atoms with Gasteiger partial charge in [0, 0.05) is 37.8 Å². The highest BCUT2D eigenvalue weighted by molar-refractivity contribution is 7.89. The minimum Gasteiger partial charge on any atom is -0.490 e. The molecule has 0 atom stereocenters. The first-order valence-corrected chi connectivity index (χ1v) is 11.3. The Hall–Kier alpha value is -3.16. The molecular formula is C18H17N5O6S2. The van der Waals surface area contributed by atoms with Gasteiger partial charge in [-0.2, -0.15) is 13.1 Å². The number of ether oxygens (including phenoxy) is 1. The van der Waals surface area contributed by atoms with Crippen LogP contribution in [-0.2, 0) is 10.0 Å². The summed E-state index contributed by atoms with van der Waals surface area (Å²) in [4.78, 5) is 25.0. The molecule has 31 heavy (non-hydrogen) atoms. The molecule has 0 bridgehead atoms. The average molecular weight is 463 g/mol. The first-order chi connectivity index (χ1) is 14.8. The fraction of sp³-hybridized carbons (Fsp3) is 0.278. The maximum Gasteiger partial charge on any atom is 0.311 e. The Kier molecular flexibility index (Phi) is 5.56. The Morgan fingerprint density at radius 2 is 1.90 bits per heavy atom. The van der Waals surface area contributed by atoms with Crippen LogP contribution in [0.1, 0.15) is 10.4 Å². The summed E-state index contributed by atoms with van der Waals surface area (Å²) < 4.78 is 40.6. The van der Waals surface area contributed by atoms with Crippen LogP contribution < -0.4 is 4.74 Å². The van der Waals surface area contributed by atoms with Gasteiger partial charge >= 0.3 is 5.69 Å². The summed E-state index contributed by atoms with van der Waals surface area (Å²) in [6.07, 6.45) is 0. The van der Waals surface area contributed by atoms with E-state index in [2.05, 4.69) is 8.75 Å². The lowest BCUT2D eigenvalue weighted by atomic mass is 10.1. The zero-order chi connectivity index (χ0) is 22.2. The highest BCUT2D eigenvalue weighted by atomic mass is 32.2. The summed E-state index contributed by atoms with van der Waals surface area (Å²) in [5.41, 5.74) is 0.680. The highest BCUT2D eigenvalue weighted by Gasteiger charge is 2.32. The molecule has 1 aromatic heterocycles. The van der Waals surface area contributed by atoms with E-state index < -0.39 is 20.9 Å². The second-order valence-corrected chi connectivity index (χ2v) is 9.16. The molecule has 4 rings (SSSR count). The average Bonchev–Trinajstić information content (AvgIpc) is 3.27. The van der Waals surface area contributed by atoms with Crippen LogP contribution in [0, 0.1) is 10.1 Å². The van der Waals surface area contributed by atoms with Gasteiger partial charge in [0.25, 0.3) is 5.91 Å². The van der Waals surface area contributed by atoms with Crippen molar-refractivity contribution in [3.63, 3.8) is 0 Å². The zero-order valence-electron chi connectivity index (χ0n) is 16.3. The summed E-state index contributed by atoms with van der Waals surface area (Å²) in [6, 6.07) is 8.80. The molecule has 11 nitrogen and oxygen atoms in total. The van der Waals surface area contributed by atoms with E-state index in [1.165, 1.54) is 40.6 Å². The van der Waals surface area contributed by atoms with Crippen molar-refractivity contribution >= 4 is 44.4 Å². The summed E-state index contributed by atoms with van der Waals surface area (Å²) in [7, 11) is -2.49. The number of nitro groups is 1. The number of amides is 1. The van der Waals surface area contributed by atoms with Crippen LogP contribution in [0.4, 0.5) is 5.69 Å². The Bertz CT molecular complexity index is 1270. The summed E-state index contributed by atoms with van der Waals surface area (Å²) in [5, 5.41) is 11.2. The predicted molar refractivity (Wildman–Crippen MR) is 112 cm³/mol. The van der Waals surface area contributed by atoms with Crippen molar-refractivity contribution in [1.82, 2.24) is 18.0 Å². The van der Waals surface area contributed by atoms with Gasteiger partial charge in [-0.3, -0.25) is 14.9 Å². The van der Waals surface area contributed by atoms with Gasteiger partial charge in [0.05, 0.1) is 23.8 Å². The van der Waals surface area contributed by atoms with E-state index in [9.17, 15) is 23.3 Å². The van der Waals surface area contributed by atoms with Crippen molar-refractivity contribution in [1.29, 1.82) is 0 Å². The van der Waals surface area contributed by atoms with Crippen molar-refractivity contribution in [3.05, 3.63) is 52.1 Å². The van der Waals surface area contributed by atoms with Crippen LogP contribution >= 0.6 is 11.7 Å². The van der Waals surface area contributed by atoms with E-state index in [0.717, 1.165) is 11.7 Å². The number of carbonyl (C=O) groups excluding carboxylic acids is 1. The lowest BCUT2D eigenvalue weighted by Gasteiger charge is -2.34. The van der Waals surface area contributed by atoms with Gasteiger partial charge in [-0.25, -0.2) is 8.42 Å². The Labute approximate surface area is 181 Å². The molecule has 1 amide bonds. The molecule has 0 saturated carbocycles. The van der Waals surface area contributed by atoms with Crippen molar-refractivity contribution < 1.29 is 22.9 Å². The summed E-state index contributed by atoms with van der Waals surface area (Å²) in [6.45, 7) is 0.507. The molecule has 3 aromatic rings. The van der Waals surface area contributed by atoms with Crippen LogP contribution in [0.5, 0.6) is 5.75 Å². The molecule has 162 valence electrons. The van der Waals surface area contributed by atoms with Crippen molar-refractivity contribution in [2.45, 2.75) is 4.90 Å². The van der Waals surface area contributed by atoms with Crippen LogP contribution in [0.2, 0.25) is 0 Å². The molecule has 0 aliphatic carbocycles. The van der Waals surface area contributed by atoms with E-state index in [-0.39, 0.29) is 48.1 Å². The van der Waals surface area contributed by atoms with E-state index in [1.54, 1.807) is 12.1 Å². The van der Waals surface area contributed by atoms with Crippen molar-refractivity contribution in [2.75, 3.05) is 33.3 Å². The number of hydrogen-bond donors (Lipinski definition) is 0. The van der Waals surface area contributed by atoms with Gasteiger partial charge in [0.1, 0.15) is 15.9 Å². The third-order valence-electron chi connectivity index (χ3n) is 5.02. The molecule has 1 fully saturated rings. The number of methoxy groups -OCH3 is 1. The monoisotopic (exact) mass is 463 g/mol. The van der Waals surface area contributed by atoms with Crippen LogP contribution in [0.15, 0.2) is 41.3 Å². The normalized spacial score (nSPS) is 15.2. The summed E-state index contributed by atoms with van der Waals surface area (Å²) in [5.74, 6) is -0.350. The lowest BCUT2D eigenvalue weighted by molar-refractivity contribution is -0.385. The second-order valence-electron chi connectivity index (χ2n) is 6.73. The smallest absolute Gasteiger partial charge is 0.311 e. The largest absolute Gasteiger partial charge is 0.490 e. The molecule has 2 heterocycles. The molecule has 0 N–H and O–H groups in total. The second kappa shape index (κ2) is 8.17. The fourth-order valence-corrected chi connectivity index (χ4v) is 5.58. The number of nitro benzene ring substituents is 1. The maximum absolute atomic E-state index is 13.1. The minimum absolute atomic E-state index is 0.0585. The SMILES string of the molecule is COc1ccc(C(=O)N2CCN(S(=O)(=O)c3cccc4nsnc34)CC2)cc1[N+](=O)[O-]. The van der Waals surface area contributed by atoms with Gasteiger partial charge in [-0.15, -0.1) is 0 Å². The third kappa shape index (κ3) is 3.82. The topological polar surface area (TPSA) is 136 Å². The first kappa shape index (κ1) is 21.1. The quantitative estimate of drug-likeness (QED) is 0.412. The molecule has 0 spiro atoms. The molecule has 1 saturated heterocycles. The molecule has 1 aliphatic rings. The van der Waals surface area contributed by atoms with Gasteiger partial charge in [-0.05, 0) is 24.3 Å². The van der Waals surface area contributed by atoms with Gasteiger partial charge < -0.3 is 9.64 Å². The number of fused-ring (bicyclic) bond motifs is 1. The highest BCUT2D eigenvalue weighted by Crippen LogP contribution is 2.29. The number of benzene rings is 2.